The van der Waals surface area contributed by atoms with Gasteiger partial charge in [-0.05, 0) is 51.3 Å². The van der Waals surface area contributed by atoms with E-state index >= 15 is 0 Å². The van der Waals surface area contributed by atoms with E-state index in [-0.39, 0.29) is 11.6 Å². The van der Waals surface area contributed by atoms with Crippen LogP contribution in [-0.2, 0) is 11.2 Å². The predicted octanol–water partition coefficient (Wildman–Crippen LogP) is 4.11. The molecule has 0 bridgehead atoms. The molecule has 0 saturated carbocycles. The van der Waals surface area contributed by atoms with Gasteiger partial charge < -0.3 is 19.6 Å². The number of carbonyl (C=O) groups excluding carboxylic acids is 2. The number of carbonyl (C=O) groups is 3. The van der Waals surface area contributed by atoms with Crippen molar-refractivity contribution < 1.29 is 24.2 Å². The lowest BCUT2D eigenvalue weighted by molar-refractivity contribution is 0.0635. The van der Waals surface area contributed by atoms with Crippen LogP contribution < -0.4 is 5.32 Å². The molecule has 0 unspecified atom stereocenters. The first-order chi connectivity index (χ1) is 15.5. The minimum absolute atomic E-state index is 0.228. The van der Waals surface area contributed by atoms with Crippen LogP contribution in [0.25, 0.3) is 0 Å². The van der Waals surface area contributed by atoms with Gasteiger partial charge >= 0.3 is 12.2 Å². The van der Waals surface area contributed by atoms with Crippen molar-refractivity contribution >= 4 is 23.8 Å². The Morgan fingerprint density at radius 3 is 2.30 bits per heavy atom. The highest BCUT2D eigenvalue weighted by molar-refractivity contribution is 5.92. The van der Waals surface area contributed by atoms with E-state index in [4.69, 9.17) is 4.74 Å². The largest absolute Gasteiger partial charge is 0.465 e. The van der Waals surface area contributed by atoms with E-state index in [9.17, 15) is 19.5 Å². The second-order valence-electron chi connectivity index (χ2n) is 8.64. The maximum atomic E-state index is 12.6. The van der Waals surface area contributed by atoms with Gasteiger partial charge in [0, 0.05) is 26.7 Å². The molecule has 1 aromatic heterocycles. The molecule has 9 heteroatoms. The van der Waals surface area contributed by atoms with Crippen LogP contribution in [0, 0.1) is 0 Å². The molecule has 0 fully saturated rings. The number of benzene rings is 1. The summed E-state index contributed by atoms with van der Waals surface area (Å²) in [5.74, 6) is -0.287. The number of carboxylic acid groups (broad SMARTS) is 1. The Hall–Kier alpha value is -3.62. The Balaban J connectivity index is 1.81. The van der Waals surface area contributed by atoms with Crippen LogP contribution in [0.1, 0.15) is 43.2 Å². The van der Waals surface area contributed by atoms with Gasteiger partial charge in [0.1, 0.15) is 11.3 Å². The van der Waals surface area contributed by atoms with E-state index in [1.54, 1.807) is 33.9 Å². The second kappa shape index (κ2) is 11.8. The second-order valence-corrected chi connectivity index (χ2v) is 8.64. The molecule has 1 aromatic carbocycles. The fraction of sp³-hybridized carbons (Fsp3) is 0.417. The first kappa shape index (κ1) is 25.6. The van der Waals surface area contributed by atoms with Crippen LogP contribution in [0.15, 0.2) is 48.7 Å². The van der Waals surface area contributed by atoms with E-state index in [1.807, 2.05) is 30.3 Å². The molecule has 0 saturated heterocycles. The van der Waals surface area contributed by atoms with Crippen molar-refractivity contribution in [3.8, 4) is 0 Å². The van der Waals surface area contributed by atoms with Gasteiger partial charge in [-0.1, -0.05) is 30.3 Å². The monoisotopic (exact) mass is 456 g/mol. The molecule has 2 aromatic rings. The fourth-order valence-corrected chi connectivity index (χ4v) is 3.02. The Morgan fingerprint density at radius 2 is 1.73 bits per heavy atom. The minimum atomic E-state index is -0.977. The van der Waals surface area contributed by atoms with Gasteiger partial charge in [-0.15, -0.1) is 0 Å². The van der Waals surface area contributed by atoms with E-state index in [1.165, 1.54) is 22.1 Å². The van der Waals surface area contributed by atoms with Gasteiger partial charge in [-0.25, -0.2) is 14.6 Å². The molecule has 0 atom stereocenters. The number of pyridine rings is 1. The summed E-state index contributed by atoms with van der Waals surface area (Å²) in [6, 6.07) is 12.8. The maximum absolute atomic E-state index is 12.6. The first-order valence-electron chi connectivity index (χ1n) is 10.8. The molecule has 0 aliphatic heterocycles. The van der Waals surface area contributed by atoms with Crippen molar-refractivity contribution in [2.45, 2.75) is 39.2 Å². The van der Waals surface area contributed by atoms with Crippen LogP contribution >= 0.6 is 0 Å². The number of aromatic nitrogens is 1. The third kappa shape index (κ3) is 9.18. The lowest BCUT2D eigenvalue weighted by Gasteiger charge is -2.22. The number of hydrogen-bond acceptors (Lipinski definition) is 5. The Labute approximate surface area is 194 Å². The number of amides is 3. The zero-order chi connectivity index (χ0) is 24.4. The molecule has 178 valence electrons. The van der Waals surface area contributed by atoms with Crippen molar-refractivity contribution in [3.05, 3.63) is 59.9 Å². The smallest absolute Gasteiger partial charge is 0.412 e. The molecule has 2 N–H and O–H groups in total. The zero-order valence-corrected chi connectivity index (χ0v) is 19.6. The minimum Gasteiger partial charge on any atom is -0.465 e. The number of nitrogens with zero attached hydrogens (tertiary/aromatic N) is 3. The van der Waals surface area contributed by atoms with Crippen molar-refractivity contribution in [2.75, 3.05) is 32.0 Å². The molecule has 1 heterocycles. The molecule has 9 nitrogen and oxygen atoms in total. The van der Waals surface area contributed by atoms with Crippen LogP contribution in [0.2, 0.25) is 0 Å². The molecule has 0 aliphatic carbocycles. The quantitative estimate of drug-likeness (QED) is 0.587. The van der Waals surface area contributed by atoms with Gasteiger partial charge in [0.25, 0.3) is 5.91 Å². The summed E-state index contributed by atoms with van der Waals surface area (Å²) in [4.78, 5) is 42.9. The predicted molar refractivity (Wildman–Crippen MR) is 125 cm³/mol. The maximum Gasteiger partial charge on any atom is 0.412 e. The van der Waals surface area contributed by atoms with Gasteiger partial charge in [0.05, 0.1) is 11.9 Å². The van der Waals surface area contributed by atoms with Gasteiger partial charge in [0.2, 0.25) is 0 Å². The lowest BCUT2D eigenvalue weighted by atomic mass is 10.1. The molecule has 33 heavy (non-hydrogen) atoms. The van der Waals surface area contributed by atoms with Crippen molar-refractivity contribution in [3.63, 3.8) is 0 Å². The van der Waals surface area contributed by atoms with E-state index in [2.05, 4.69) is 10.3 Å². The molecular weight excluding hydrogens is 424 g/mol. The summed E-state index contributed by atoms with van der Waals surface area (Å²) in [6.07, 6.45) is 0.947. The van der Waals surface area contributed by atoms with Crippen LogP contribution in [0.5, 0.6) is 0 Å². The summed E-state index contributed by atoms with van der Waals surface area (Å²) in [6.45, 7) is 6.40. The lowest BCUT2D eigenvalue weighted by Crippen LogP contribution is -2.35. The highest BCUT2D eigenvalue weighted by Gasteiger charge is 2.18. The molecule has 3 amide bonds. The molecule has 0 aliphatic rings. The zero-order valence-electron chi connectivity index (χ0n) is 19.6. The summed E-state index contributed by atoms with van der Waals surface area (Å²) in [7, 11) is 1.64. The number of rotatable bonds is 9. The Morgan fingerprint density at radius 1 is 1.03 bits per heavy atom. The van der Waals surface area contributed by atoms with Crippen LogP contribution in [0.4, 0.5) is 15.3 Å². The summed E-state index contributed by atoms with van der Waals surface area (Å²) in [5, 5.41) is 12.0. The third-order valence-electron chi connectivity index (χ3n) is 4.68. The SMILES string of the molecule is CN(CCCN(CCc1ccccc1)C(=O)O)C(=O)c1ccc(NC(=O)OC(C)(C)C)cn1. The van der Waals surface area contributed by atoms with Crippen molar-refractivity contribution in [1.29, 1.82) is 0 Å². The average Bonchev–Trinajstić information content (AvgIpc) is 2.75. The number of hydrogen-bond donors (Lipinski definition) is 2. The summed E-state index contributed by atoms with van der Waals surface area (Å²) >= 11 is 0. The highest BCUT2D eigenvalue weighted by atomic mass is 16.6. The fourth-order valence-electron chi connectivity index (χ4n) is 3.02. The molecule has 0 spiro atoms. The van der Waals surface area contributed by atoms with E-state index < -0.39 is 17.8 Å². The van der Waals surface area contributed by atoms with Crippen molar-refractivity contribution in [1.82, 2.24) is 14.8 Å². The van der Waals surface area contributed by atoms with Crippen molar-refractivity contribution in [2.24, 2.45) is 0 Å². The highest BCUT2D eigenvalue weighted by Crippen LogP contribution is 2.12. The number of ether oxygens (including phenoxy) is 1. The first-order valence-corrected chi connectivity index (χ1v) is 10.8. The Bertz CT molecular complexity index is 926. The molecular formula is C24H32N4O5. The normalized spacial score (nSPS) is 10.9. The van der Waals surface area contributed by atoms with E-state index in [0.717, 1.165) is 5.56 Å². The summed E-state index contributed by atoms with van der Waals surface area (Å²) < 4.78 is 5.18. The van der Waals surface area contributed by atoms with Crippen LogP contribution in [-0.4, -0.2) is 70.3 Å². The average molecular weight is 457 g/mol. The van der Waals surface area contributed by atoms with Crippen LogP contribution in [0.3, 0.4) is 0 Å². The topological polar surface area (TPSA) is 112 Å². The van der Waals surface area contributed by atoms with Gasteiger partial charge in [0.15, 0.2) is 0 Å². The number of anilines is 1. The third-order valence-corrected chi connectivity index (χ3v) is 4.68. The van der Waals surface area contributed by atoms with Gasteiger partial charge in [-0.2, -0.15) is 0 Å². The molecule has 2 rings (SSSR count). The van der Waals surface area contributed by atoms with Gasteiger partial charge in [-0.3, -0.25) is 10.1 Å². The van der Waals surface area contributed by atoms with E-state index in [0.29, 0.717) is 38.2 Å². The Kier molecular flexibility index (Phi) is 9.20. The molecule has 0 radical (unpaired) electrons. The number of nitrogens with one attached hydrogen (secondary N) is 1. The standard InChI is InChI=1S/C24H32N4O5/c1-24(2,3)33-22(30)26-19-11-12-20(25-17-19)21(29)27(4)14-8-15-28(23(31)32)16-13-18-9-6-5-7-10-18/h5-7,9-12,17H,8,13-16H2,1-4H3,(H,26,30)(H,31,32). The summed E-state index contributed by atoms with van der Waals surface area (Å²) in [5.41, 5.74) is 1.10.